The van der Waals surface area contributed by atoms with E-state index in [4.69, 9.17) is 5.11 Å². The van der Waals surface area contributed by atoms with Crippen molar-refractivity contribution in [2.24, 2.45) is 0 Å². The number of hydrogen-bond acceptors (Lipinski definition) is 2. The van der Waals surface area contributed by atoms with Gasteiger partial charge in [0.15, 0.2) is 0 Å². The molecule has 0 saturated carbocycles. The lowest BCUT2D eigenvalue weighted by Gasteiger charge is -2.34. The van der Waals surface area contributed by atoms with Gasteiger partial charge in [0.2, 0.25) is 0 Å². The lowest BCUT2D eigenvalue weighted by molar-refractivity contribution is -0.145. The quantitative estimate of drug-likeness (QED) is 0.920. The number of alkyl halides is 1. The predicted octanol–water partition coefficient (Wildman–Crippen LogP) is 2.50. The minimum atomic E-state index is -0.908. The van der Waals surface area contributed by atoms with Crippen LogP contribution in [0.2, 0.25) is 0 Å². The summed E-state index contributed by atoms with van der Waals surface area (Å²) in [6.45, 7) is 0.712. The Bertz CT molecular complexity index is 388. The Morgan fingerprint density at radius 1 is 1.33 bits per heavy atom. The largest absolute Gasteiger partial charge is 0.480 e. The van der Waals surface area contributed by atoms with Crippen LogP contribution in [-0.2, 0) is 11.3 Å². The monoisotopic (exact) mass is 273 g/mol. The third-order valence-electron chi connectivity index (χ3n) is 3.14. The zero-order chi connectivity index (χ0) is 12.3. The van der Waals surface area contributed by atoms with E-state index < -0.39 is 18.2 Å². The Labute approximate surface area is 112 Å². The molecule has 2 atom stereocenters. The summed E-state index contributed by atoms with van der Waals surface area (Å²) in [6, 6.07) is 9.03. The zero-order valence-corrected chi connectivity index (χ0v) is 10.8. The van der Waals surface area contributed by atoms with Gasteiger partial charge in [-0.25, -0.2) is 4.39 Å². The van der Waals surface area contributed by atoms with Gasteiger partial charge >= 0.3 is 5.97 Å². The fourth-order valence-electron chi connectivity index (χ4n) is 2.27. The first-order valence-corrected chi connectivity index (χ1v) is 5.81. The van der Waals surface area contributed by atoms with Gasteiger partial charge in [0, 0.05) is 13.1 Å². The molecule has 18 heavy (non-hydrogen) atoms. The van der Waals surface area contributed by atoms with Crippen molar-refractivity contribution in [3.8, 4) is 0 Å². The summed E-state index contributed by atoms with van der Waals surface area (Å²) < 4.78 is 13.3. The van der Waals surface area contributed by atoms with E-state index in [0.29, 0.717) is 19.4 Å². The van der Waals surface area contributed by atoms with E-state index in [9.17, 15) is 9.18 Å². The molecule has 1 aromatic rings. The molecule has 1 saturated heterocycles. The number of hydrogen-bond donors (Lipinski definition) is 1. The minimum absolute atomic E-state index is 0. The molecule has 0 unspecified atom stereocenters. The zero-order valence-electron chi connectivity index (χ0n) is 9.96. The smallest absolute Gasteiger partial charge is 0.320 e. The summed E-state index contributed by atoms with van der Waals surface area (Å²) in [4.78, 5) is 12.8. The van der Waals surface area contributed by atoms with Crippen LogP contribution in [0.15, 0.2) is 30.3 Å². The van der Waals surface area contributed by atoms with Crippen molar-refractivity contribution in [3.63, 3.8) is 0 Å². The Hall–Kier alpha value is -1.13. The number of nitrogens with zero attached hydrogens (tertiary/aromatic N) is 1. The number of aliphatic carboxylic acids is 1. The lowest BCUT2D eigenvalue weighted by atomic mass is 10.00. The van der Waals surface area contributed by atoms with Crippen LogP contribution < -0.4 is 0 Å². The van der Waals surface area contributed by atoms with Gasteiger partial charge in [-0.05, 0) is 18.4 Å². The number of carboxylic acid groups (broad SMARTS) is 1. The number of carboxylic acids is 1. The molecule has 2 rings (SSSR count). The highest BCUT2D eigenvalue weighted by Crippen LogP contribution is 2.21. The highest BCUT2D eigenvalue weighted by Gasteiger charge is 2.32. The van der Waals surface area contributed by atoms with Gasteiger partial charge in [0.25, 0.3) is 0 Å². The number of likely N-dealkylation sites (tertiary alicyclic amines) is 1. The molecule has 1 aliphatic rings. The molecule has 0 bridgehead atoms. The molecule has 1 aliphatic heterocycles. The van der Waals surface area contributed by atoms with Gasteiger partial charge < -0.3 is 5.11 Å². The second kappa shape index (κ2) is 6.71. The van der Waals surface area contributed by atoms with Gasteiger partial charge in [-0.3, -0.25) is 9.69 Å². The average molecular weight is 274 g/mol. The normalized spacial score (nSPS) is 24.3. The van der Waals surface area contributed by atoms with Gasteiger partial charge in [-0.2, -0.15) is 0 Å². The van der Waals surface area contributed by atoms with Crippen molar-refractivity contribution in [1.82, 2.24) is 4.90 Å². The maximum atomic E-state index is 13.3. The fraction of sp³-hybridized carbons (Fsp3) is 0.462. The first-order chi connectivity index (χ1) is 8.16. The number of benzene rings is 1. The molecule has 5 heteroatoms. The van der Waals surface area contributed by atoms with Crippen LogP contribution in [0.5, 0.6) is 0 Å². The number of piperidine rings is 1. The second-order valence-corrected chi connectivity index (χ2v) is 4.44. The van der Waals surface area contributed by atoms with Crippen molar-refractivity contribution in [2.45, 2.75) is 31.6 Å². The fourth-order valence-corrected chi connectivity index (χ4v) is 2.27. The molecule has 0 aromatic heterocycles. The van der Waals surface area contributed by atoms with Crippen molar-refractivity contribution in [1.29, 1.82) is 0 Å². The van der Waals surface area contributed by atoms with E-state index in [-0.39, 0.29) is 19.0 Å². The Kier molecular flexibility index (Phi) is 5.56. The maximum absolute atomic E-state index is 13.3. The van der Waals surface area contributed by atoms with E-state index in [1.54, 1.807) is 4.90 Å². The summed E-state index contributed by atoms with van der Waals surface area (Å²) in [5.74, 6) is -0.854. The topological polar surface area (TPSA) is 40.5 Å². The standard InChI is InChI=1S/C13H16FNO2.ClH/c14-11-6-7-12(13(16)17)15(9-11)8-10-4-2-1-3-5-10;/h1-5,11-12H,6-9H2,(H,16,17);1H/t11-,12+;/m1./s1. The summed E-state index contributed by atoms with van der Waals surface area (Å²) in [5.41, 5.74) is 1.02. The molecule has 1 fully saturated rings. The number of carbonyl (C=O) groups is 1. The van der Waals surface area contributed by atoms with Crippen LogP contribution in [0.1, 0.15) is 18.4 Å². The Morgan fingerprint density at radius 3 is 2.61 bits per heavy atom. The molecule has 1 N–H and O–H groups in total. The van der Waals surface area contributed by atoms with E-state index in [0.717, 1.165) is 5.56 Å². The van der Waals surface area contributed by atoms with Crippen LogP contribution in [-0.4, -0.2) is 34.7 Å². The summed E-state index contributed by atoms with van der Waals surface area (Å²) in [5, 5.41) is 9.11. The van der Waals surface area contributed by atoms with E-state index >= 15 is 0 Å². The molecule has 3 nitrogen and oxygen atoms in total. The molecule has 100 valence electrons. The van der Waals surface area contributed by atoms with Crippen LogP contribution >= 0.6 is 12.4 Å². The van der Waals surface area contributed by atoms with Crippen molar-refractivity contribution in [2.75, 3.05) is 6.54 Å². The third kappa shape index (κ3) is 3.68. The Morgan fingerprint density at radius 2 is 2.00 bits per heavy atom. The molecule has 0 aliphatic carbocycles. The molecule has 0 amide bonds. The molecule has 1 heterocycles. The maximum Gasteiger partial charge on any atom is 0.320 e. The van der Waals surface area contributed by atoms with E-state index in [1.165, 1.54) is 0 Å². The van der Waals surface area contributed by atoms with E-state index in [1.807, 2.05) is 30.3 Å². The first kappa shape index (κ1) is 14.9. The highest BCUT2D eigenvalue weighted by atomic mass is 35.5. The lowest BCUT2D eigenvalue weighted by Crippen LogP contribution is -2.47. The Balaban J connectivity index is 0.00000162. The van der Waals surface area contributed by atoms with Crippen LogP contribution in [0.25, 0.3) is 0 Å². The summed E-state index contributed by atoms with van der Waals surface area (Å²) in [6.07, 6.45) is -0.166. The summed E-state index contributed by atoms with van der Waals surface area (Å²) >= 11 is 0. The molecule has 1 aromatic carbocycles. The van der Waals surface area contributed by atoms with Gasteiger partial charge in [-0.15, -0.1) is 12.4 Å². The number of rotatable bonds is 3. The summed E-state index contributed by atoms with van der Waals surface area (Å²) in [7, 11) is 0. The van der Waals surface area contributed by atoms with E-state index in [2.05, 4.69) is 0 Å². The van der Waals surface area contributed by atoms with Crippen molar-refractivity contribution < 1.29 is 14.3 Å². The second-order valence-electron chi connectivity index (χ2n) is 4.44. The average Bonchev–Trinajstić information content (AvgIpc) is 2.30. The van der Waals surface area contributed by atoms with Gasteiger partial charge in [0.05, 0.1) is 0 Å². The first-order valence-electron chi connectivity index (χ1n) is 5.81. The molecular weight excluding hydrogens is 257 g/mol. The van der Waals surface area contributed by atoms with Crippen molar-refractivity contribution in [3.05, 3.63) is 35.9 Å². The van der Waals surface area contributed by atoms with Gasteiger partial charge in [-0.1, -0.05) is 30.3 Å². The molecule has 0 radical (unpaired) electrons. The highest BCUT2D eigenvalue weighted by molar-refractivity contribution is 5.85. The SMILES string of the molecule is Cl.O=C(O)[C@@H]1CC[C@@H](F)CN1Cc1ccccc1. The molecule has 0 spiro atoms. The van der Waals surface area contributed by atoms with Crippen LogP contribution in [0.4, 0.5) is 4.39 Å². The van der Waals surface area contributed by atoms with Crippen LogP contribution in [0, 0.1) is 0 Å². The van der Waals surface area contributed by atoms with Gasteiger partial charge in [0.1, 0.15) is 12.2 Å². The predicted molar refractivity (Wildman–Crippen MR) is 69.7 cm³/mol. The van der Waals surface area contributed by atoms with Crippen LogP contribution in [0.3, 0.4) is 0 Å². The number of halogens is 2. The third-order valence-corrected chi connectivity index (χ3v) is 3.14. The van der Waals surface area contributed by atoms with Crippen molar-refractivity contribution >= 4 is 18.4 Å². The minimum Gasteiger partial charge on any atom is -0.480 e. The molecular formula is C13H17ClFNO2.